The van der Waals surface area contributed by atoms with Gasteiger partial charge in [0.05, 0.1) is 5.69 Å². The number of carbonyl (C=O) groups is 2. The van der Waals surface area contributed by atoms with Crippen molar-refractivity contribution in [3.05, 3.63) is 23.8 Å². The van der Waals surface area contributed by atoms with E-state index in [4.69, 9.17) is 5.73 Å². The first-order valence-corrected chi connectivity index (χ1v) is 7.73. The Morgan fingerprint density at radius 1 is 1.05 bits per heavy atom. The van der Waals surface area contributed by atoms with E-state index in [0.717, 1.165) is 31.2 Å². The van der Waals surface area contributed by atoms with Crippen molar-refractivity contribution in [3.8, 4) is 0 Å². The Morgan fingerprint density at radius 3 is 2.24 bits per heavy atom. The van der Waals surface area contributed by atoms with Crippen molar-refractivity contribution < 1.29 is 9.59 Å². The summed E-state index contributed by atoms with van der Waals surface area (Å²) < 4.78 is 0. The second-order valence-electron chi connectivity index (χ2n) is 6.58. The lowest BCUT2D eigenvalue weighted by molar-refractivity contribution is -0.134. The molecule has 1 aromatic carbocycles. The van der Waals surface area contributed by atoms with Crippen LogP contribution in [0.15, 0.2) is 18.2 Å². The molecule has 0 unspecified atom stereocenters. The van der Waals surface area contributed by atoms with Crippen LogP contribution in [0.1, 0.15) is 50.5 Å². The molecular formula is C17H22N2O2. The van der Waals surface area contributed by atoms with E-state index in [1.54, 1.807) is 12.1 Å². The molecule has 0 atom stereocenters. The number of amides is 2. The fraction of sp³-hybridized carbons (Fsp3) is 0.529. The number of rotatable bonds is 1. The molecule has 2 amide bonds. The van der Waals surface area contributed by atoms with Crippen LogP contribution >= 0.6 is 0 Å². The van der Waals surface area contributed by atoms with Crippen molar-refractivity contribution in [1.29, 1.82) is 0 Å². The molecule has 1 saturated heterocycles. The third-order valence-corrected chi connectivity index (χ3v) is 4.99. The van der Waals surface area contributed by atoms with Crippen LogP contribution in [-0.2, 0) is 9.59 Å². The lowest BCUT2D eigenvalue weighted by Crippen LogP contribution is -2.48. The topological polar surface area (TPSA) is 63.4 Å². The second-order valence-corrected chi connectivity index (χ2v) is 6.58. The van der Waals surface area contributed by atoms with Crippen molar-refractivity contribution in [3.63, 3.8) is 0 Å². The van der Waals surface area contributed by atoms with Gasteiger partial charge in [0.25, 0.3) is 0 Å². The first kappa shape index (κ1) is 14.1. The molecule has 4 heteroatoms. The van der Waals surface area contributed by atoms with E-state index >= 15 is 0 Å². The van der Waals surface area contributed by atoms with E-state index < -0.39 is 0 Å². The predicted molar refractivity (Wildman–Crippen MR) is 82.8 cm³/mol. The zero-order valence-electron chi connectivity index (χ0n) is 12.5. The highest BCUT2D eigenvalue weighted by Gasteiger charge is 2.44. The molecule has 1 aliphatic heterocycles. The molecule has 2 fully saturated rings. The highest BCUT2D eigenvalue weighted by atomic mass is 16.2. The minimum Gasteiger partial charge on any atom is -0.398 e. The van der Waals surface area contributed by atoms with Gasteiger partial charge in [0.1, 0.15) is 0 Å². The fourth-order valence-corrected chi connectivity index (χ4v) is 3.71. The summed E-state index contributed by atoms with van der Waals surface area (Å²) in [6.07, 6.45) is 6.50. The quantitative estimate of drug-likeness (QED) is 0.637. The molecule has 2 N–H and O–H groups in total. The lowest BCUT2D eigenvalue weighted by Gasteiger charge is -2.42. The summed E-state index contributed by atoms with van der Waals surface area (Å²) >= 11 is 0. The molecule has 0 radical (unpaired) electrons. The summed E-state index contributed by atoms with van der Waals surface area (Å²) in [4.78, 5) is 26.4. The van der Waals surface area contributed by atoms with Crippen molar-refractivity contribution in [2.75, 3.05) is 10.6 Å². The molecule has 1 saturated carbocycles. The van der Waals surface area contributed by atoms with Crippen molar-refractivity contribution in [1.82, 2.24) is 0 Å². The number of nitrogens with two attached hydrogens (primary N) is 1. The number of nitrogens with zero attached hydrogens (tertiary/aromatic N) is 1. The summed E-state index contributed by atoms with van der Waals surface area (Å²) in [5, 5.41) is 0. The maximum absolute atomic E-state index is 12.5. The van der Waals surface area contributed by atoms with E-state index in [1.807, 2.05) is 13.0 Å². The van der Waals surface area contributed by atoms with Gasteiger partial charge in [0, 0.05) is 18.5 Å². The van der Waals surface area contributed by atoms with Crippen LogP contribution in [0.3, 0.4) is 0 Å². The van der Waals surface area contributed by atoms with Gasteiger partial charge < -0.3 is 5.73 Å². The monoisotopic (exact) mass is 286 g/mol. The highest BCUT2D eigenvalue weighted by Crippen LogP contribution is 2.46. The molecule has 0 aromatic heterocycles. The van der Waals surface area contributed by atoms with Crippen molar-refractivity contribution in [2.45, 2.75) is 51.9 Å². The molecule has 1 spiro atoms. The van der Waals surface area contributed by atoms with E-state index in [2.05, 4.69) is 0 Å². The Hall–Kier alpha value is -1.84. The third-order valence-electron chi connectivity index (χ3n) is 4.99. The minimum absolute atomic E-state index is 0.0703. The fourth-order valence-electron chi connectivity index (χ4n) is 3.71. The number of nitrogen functional groups attached to an aromatic ring is 1. The first-order chi connectivity index (χ1) is 10.0. The number of benzene rings is 1. The number of anilines is 2. The smallest absolute Gasteiger partial charge is 0.234 e. The first-order valence-electron chi connectivity index (χ1n) is 7.73. The zero-order valence-corrected chi connectivity index (χ0v) is 12.5. The normalized spacial score (nSPS) is 21.9. The second kappa shape index (κ2) is 5.17. The lowest BCUT2D eigenvalue weighted by atomic mass is 9.67. The largest absolute Gasteiger partial charge is 0.398 e. The number of carbonyl (C=O) groups excluding carboxylic acids is 2. The van der Waals surface area contributed by atoms with Crippen LogP contribution in [0.2, 0.25) is 0 Å². The van der Waals surface area contributed by atoms with Crippen LogP contribution in [0.5, 0.6) is 0 Å². The molecule has 1 aliphatic carbocycles. The summed E-state index contributed by atoms with van der Waals surface area (Å²) in [5.41, 5.74) is 8.02. The molecule has 4 nitrogen and oxygen atoms in total. The van der Waals surface area contributed by atoms with Crippen LogP contribution in [0, 0.1) is 12.3 Å². The number of hydrogen-bond donors (Lipinski definition) is 1. The number of piperidine rings is 1. The summed E-state index contributed by atoms with van der Waals surface area (Å²) in [5.74, 6) is -0.146. The molecule has 112 valence electrons. The Labute approximate surface area is 125 Å². The Balaban J connectivity index is 1.86. The standard InChI is InChI=1S/C17H22N2O2/c1-12-5-6-13(9-14(12)18)19-15(20)10-17(11-16(19)21)7-3-2-4-8-17/h5-6,9H,2-4,7-8,10-11,18H2,1H3. The maximum Gasteiger partial charge on any atom is 0.234 e. The van der Waals surface area contributed by atoms with Gasteiger partial charge in [0.15, 0.2) is 0 Å². The van der Waals surface area contributed by atoms with E-state index in [0.29, 0.717) is 24.2 Å². The molecule has 21 heavy (non-hydrogen) atoms. The predicted octanol–water partition coefficient (Wildman–Crippen LogP) is 3.18. The maximum atomic E-state index is 12.5. The van der Waals surface area contributed by atoms with Gasteiger partial charge in [-0.2, -0.15) is 0 Å². The Morgan fingerprint density at radius 2 is 1.67 bits per heavy atom. The average Bonchev–Trinajstić information content (AvgIpc) is 2.42. The molecular weight excluding hydrogens is 264 g/mol. The van der Waals surface area contributed by atoms with Crippen LogP contribution < -0.4 is 10.6 Å². The highest BCUT2D eigenvalue weighted by molar-refractivity contribution is 6.17. The van der Waals surface area contributed by atoms with Crippen molar-refractivity contribution >= 4 is 23.2 Å². The van der Waals surface area contributed by atoms with Gasteiger partial charge in [-0.15, -0.1) is 0 Å². The summed E-state index contributed by atoms with van der Waals surface area (Å²) in [6.45, 7) is 1.91. The SMILES string of the molecule is Cc1ccc(N2C(=O)CC3(CCCCC3)CC2=O)cc1N. The molecule has 1 aromatic rings. The molecule has 0 bridgehead atoms. The van der Waals surface area contributed by atoms with Gasteiger partial charge in [0.2, 0.25) is 11.8 Å². The number of hydrogen-bond acceptors (Lipinski definition) is 3. The Bertz CT molecular complexity index is 568. The van der Waals surface area contributed by atoms with Crippen molar-refractivity contribution in [2.24, 2.45) is 5.41 Å². The molecule has 1 heterocycles. The third kappa shape index (κ3) is 2.55. The molecule has 2 aliphatic rings. The van der Waals surface area contributed by atoms with Gasteiger partial charge in [-0.05, 0) is 42.9 Å². The van der Waals surface area contributed by atoms with E-state index in [-0.39, 0.29) is 17.2 Å². The Kier molecular flexibility index (Phi) is 3.47. The van der Waals surface area contributed by atoms with Crippen LogP contribution in [0.25, 0.3) is 0 Å². The van der Waals surface area contributed by atoms with Gasteiger partial charge in [-0.25, -0.2) is 0 Å². The zero-order chi connectivity index (χ0) is 15.0. The van der Waals surface area contributed by atoms with Gasteiger partial charge in [-0.3, -0.25) is 14.5 Å². The van der Waals surface area contributed by atoms with Gasteiger partial charge in [-0.1, -0.05) is 25.3 Å². The van der Waals surface area contributed by atoms with E-state index in [9.17, 15) is 9.59 Å². The number of aryl methyl sites for hydroxylation is 1. The average molecular weight is 286 g/mol. The van der Waals surface area contributed by atoms with E-state index in [1.165, 1.54) is 11.3 Å². The molecule has 3 rings (SSSR count). The van der Waals surface area contributed by atoms with Gasteiger partial charge >= 0.3 is 0 Å². The minimum atomic E-state index is -0.0728. The van der Waals surface area contributed by atoms with Crippen LogP contribution in [-0.4, -0.2) is 11.8 Å². The number of imide groups is 1. The summed E-state index contributed by atoms with van der Waals surface area (Å²) in [7, 11) is 0. The summed E-state index contributed by atoms with van der Waals surface area (Å²) in [6, 6.07) is 5.39. The van der Waals surface area contributed by atoms with Crippen LogP contribution in [0.4, 0.5) is 11.4 Å².